The number of rotatable bonds is 1. The van der Waals surface area contributed by atoms with E-state index in [1.807, 2.05) is 0 Å². The number of hydrogen-bond acceptors (Lipinski definition) is 1. The summed E-state index contributed by atoms with van der Waals surface area (Å²) < 4.78 is 75.8. The summed E-state index contributed by atoms with van der Waals surface area (Å²) in [7, 11) is 0. The Morgan fingerprint density at radius 3 is 2.10 bits per heavy atom. The molecule has 0 aliphatic heterocycles. The van der Waals surface area contributed by atoms with Crippen molar-refractivity contribution < 1.29 is 26.3 Å². The van der Waals surface area contributed by atoms with Gasteiger partial charge in [0.05, 0.1) is 23.0 Å². The van der Waals surface area contributed by atoms with Crippen LogP contribution in [0.4, 0.5) is 26.3 Å². The molecule has 0 fully saturated rings. The highest BCUT2D eigenvalue weighted by atomic mass is 19.4. The number of hydrogen-bond donors (Lipinski definition) is 0. The fourth-order valence-electron chi connectivity index (χ4n) is 1.72. The lowest BCUT2D eigenvalue weighted by atomic mass is 10.1. The summed E-state index contributed by atoms with van der Waals surface area (Å²) in [5, 5.41) is 3.50. The first-order valence-corrected chi connectivity index (χ1v) is 5.39. The molecule has 8 heteroatoms. The van der Waals surface area contributed by atoms with E-state index in [-0.39, 0.29) is 11.3 Å². The molecule has 0 aliphatic carbocycles. The molecular formula is C12H8F6N2. The van der Waals surface area contributed by atoms with Gasteiger partial charge in [0.15, 0.2) is 0 Å². The van der Waals surface area contributed by atoms with E-state index < -0.39 is 23.5 Å². The molecule has 1 aromatic heterocycles. The van der Waals surface area contributed by atoms with Gasteiger partial charge in [0, 0.05) is 6.20 Å². The molecule has 20 heavy (non-hydrogen) atoms. The van der Waals surface area contributed by atoms with Crippen LogP contribution in [0.1, 0.15) is 16.7 Å². The van der Waals surface area contributed by atoms with Crippen LogP contribution in [0.5, 0.6) is 0 Å². The van der Waals surface area contributed by atoms with Crippen molar-refractivity contribution in [3.63, 3.8) is 0 Å². The van der Waals surface area contributed by atoms with Crippen molar-refractivity contribution in [3.8, 4) is 5.69 Å². The molecular weight excluding hydrogens is 286 g/mol. The van der Waals surface area contributed by atoms with Crippen molar-refractivity contribution in [3.05, 3.63) is 47.3 Å². The molecule has 0 bridgehead atoms. The average molecular weight is 294 g/mol. The van der Waals surface area contributed by atoms with Gasteiger partial charge in [0.25, 0.3) is 0 Å². The third-order valence-electron chi connectivity index (χ3n) is 2.69. The van der Waals surface area contributed by atoms with Gasteiger partial charge in [0.2, 0.25) is 0 Å². The first-order chi connectivity index (χ1) is 9.09. The second-order valence-corrected chi connectivity index (χ2v) is 4.17. The van der Waals surface area contributed by atoms with E-state index in [1.54, 1.807) is 0 Å². The average Bonchev–Trinajstić information content (AvgIpc) is 2.75. The van der Waals surface area contributed by atoms with Crippen molar-refractivity contribution in [2.45, 2.75) is 19.3 Å². The Kier molecular flexibility index (Phi) is 3.27. The van der Waals surface area contributed by atoms with Gasteiger partial charge in [-0.2, -0.15) is 31.4 Å². The van der Waals surface area contributed by atoms with Crippen LogP contribution in [0.25, 0.3) is 5.69 Å². The van der Waals surface area contributed by atoms with Crippen molar-refractivity contribution in [1.29, 1.82) is 0 Å². The van der Waals surface area contributed by atoms with Gasteiger partial charge < -0.3 is 0 Å². The first-order valence-electron chi connectivity index (χ1n) is 5.39. The van der Waals surface area contributed by atoms with Gasteiger partial charge >= 0.3 is 12.4 Å². The summed E-state index contributed by atoms with van der Waals surface area (Å²) in [6, 6.07) is 3.03. The minimum atomic E-state index is -4.54. The molecule has 0 aliphatic rings. The summed E-state index contributed by atoms with van der Waals surface area (Å²) >= 11 is 0. The third kappa shape index (κ3) is 2.78. The lowest BCUT2D eigenvalue weighted by Gasteiger charge is -2.11. The molecule has 2 nitrogen and oxygen atoms in total. The Bertz CT molecular complexity index is 624. The Morgan fingerprint density at radius 2 is 1.65 bits per heavy atom. The molecule has 1 heterocycles. The smallest absolute Gasteiger partial charge is 0.240 e. The Morgan fingerprint density at radius 1 is 1.00 bits per heavy atom. The van der Waals surface area contributed by atoms with E-state index in [9.17, 15) is 26.3 Å². The molecule has 2 rings (SSSR count). The normalized spacial score (nSPS) is 12.8. The number of alkyl halides is 6. The number of aryl methyl sites for hydroxylation is 1. The molecule has 0 spiro atoms. The Hall–Kier alpha value is -1.99. The zero-order valence-electron chi connectivity index (χ0n) is 10.0. The highest BCUT2D eigenvalue weighted by molar-refractivity contribution is 5.41. The predicted octanol–water partition coefficient (Wildman–Crippen LogP) is 4.22. The topological polar surface area (TPSA) is 17.8 Å². The standard InChI is InChI=1S/C12H8F6N2/c1-7-4-9(2-3-10(7)12(16,17)18)20-6-8(5-19-20)11(13,14)15/h2-6H,1H3. The molecule has 0 saturated carbocycles. The highest BCUT2D eigenvalue weighted by Gasteiger charge is 2.33. The molecule has 108 valence electrons. The number of nitrogens with zero attached hydrogens (tertiary/aromatic N) is 2. The molecule has 0 radical (unpaired) electrons. The summed E-state index contributed by atoms with van der Waals surface area (Å²) in [4.78, 5) is 0. The quantitative estimate of drug-likeness (QED) is 0.720. The second kappa shape index (κ2) is 4.53. The van der Waals surface area contributed by atoms with E-state index in [1.165, 1.54) is 6.92 Å². The van der Waals surface area contributed by atoms with Gasteiger partial charge in [-0.3, -0.25) is 0 Å². The van der Waals surface area contributed by atoms with Crippen LogP contribution >= 0.6 is 0 Å². The molecule has 1 aromatic carbocycles. The second-order valence-electron chi connectivity index (χ2n) is 4.17. The largest absolute Gasteiger partial charge is 0.419 e. The van der Waals surface area contributed by atoms with Crippen LogP contribution in [0, 0.1) is 6.92 Å². The Labute approximate surface area is 109 Å². The van der Waals surface area contributed by atoms with Crippen LogP contribution in [-0.2, 0) is 12.4 Å². The molecule has 0 unspecified atom stereocenters. The van der Waals surface area contributed by atoms with Gasteiger partial charge in [-0.25, -0.2) is 4.68 Å². The minimum absolute atomic E-state index is 0.0842. The zero-order valence-corrected chi connectivity index (χ0v) is 10.0. The van der Waals surface area contributed by atoms with E-state index in [0.29, 0.717) is 6.20 Å². The predicted molar refractivity (Wildman–Crippen MR) is 58.3 cm³/mol. The molecule has 0 amide bonds. The van der Waals surface area contributed by atoms with Crippen molar-refractivity contribution in [2.75, 3.05) is 0 Å². The minimum Gasteiger partial charge on any atom is -0.240 e. The van der Waals surface area contributed by atoms with E-state index in [4.69, 9.17) is 0 Å². The lowest BCUT2D eigenvalue weighted by Crippen LogP contribution is -2.08. The maximum Gasteiger partial charge on any atom is 0.419 e. The number of benzene rings is 1. The van der Waals surface area contributed by atoms with Crippen LogP contribution < -0.4 is 0 Å². The fourth-order valence-corrected chi connectivity index (χ4v) is 1.72. The number of halogens is 6. The molecule has 0 saturated heterocycles. The fraction of sp³-hybridized carbons (Fsp3) is 0.250. The third-order valence-corrected chi connectivity index (χ3v) is 2.69. The Balaban J connectivity index is 2.40. The van der Waals surface area contributed by atoms with Crippen LogP contribution in [-0.4, -0.2) is 9.78 Å². The van der Waals surface area contributed by atoms with Crippen molar-refractivity contribution in [2.24, 2.45) is 0 Å². The van der Waals surface area contributed by atoms with Gasteiger partial charge in [-0.1, -0.05) is 0 Å². The molecule has 0 atom stereocenters. The monoisotopic (exact) mass is 294 g/mol. The first kappa shape index (κ1) is 14.4. The maximum absolute atomic E-state index is 12.6. The van der Waals surface area contributed by atoms with Crippen LogP contribution in [0.2, 0.25) is 0 Å². The van der Waals surface area contributed by atoms with E-state index in [0.717, 1.165) is 29.1 Å². The van der Waals surface area contributed by atoms with E-state index in [2.05, 4.69) is 5.10 Å². The van der Waals surface area contributed by atoms with Gasteiger partial charge in [-0.15, -0.1) is 0 Å². The van der Waals surface area contributed by atoms with Crippen molar-refractivity contribution in [1.82, 2.24) is 9.78 Å². The summed E-state index contributed by atoms with van der Waals surface area (Å²) in [5.41, 5.74) is -1.75. The zero-order chi connectivity index (χ0) is 15.1. The summed E-state index contributed by atoms with van der Waals surface area (Å²) in [6.07, 6.45) is -7.70. The van der Waals surface area contributed by atoms with Crippen molar-refractivity contribution >= 4 is 0 Å². The molecule has 0 N–H and O–H groups in total. The summed E-state index contributed by atoms with van der Waals surface area (Å²) in [5.74, 6) is 0. The van der Waals surface area contributed by atoms with Crippen LogP contribution in [0.3, 0.4) is 0 Å². The van der Waals surface area contributed by atoms with Crippen LogP contribution in [0.15, 0.2) is 30.6 Å². The SMILES string of the molecule is Cc1cc(-n2cc(C(F)(F)F)cn2)ccc1C(F)(F)F. The molecule has 2 aromatic rings. The van der Waals surface area contributed by atoms with E-state index >= 15 is 0 Å². The van der Waals surface area contributed by atoms with Gasteiger partial charge in [0.1, 0.15) is 0 Å². The number of aromatic nitrogens is 2. The highest BCUT2D eigenvalue weighted by Crippen LogP contribution is 2.33. The lowest BCUT2D eigenvalue weighted by molar-refractivity contribution is -0.138. The maximum atomic E-state index is 12.6. The van der Waals surface area contributed by atoms with Gasteiger partial charge in [-0.05, 0) is 30.7 Å². The summed E-state index contributed by atoms with van der Waals surface area (Å²) in [6.45, 7) is 1.24.